The van der Waals surface area contributed by atoms with Crippen LogP contribution in [-0.4, -0.2) is 23.4 Å². The van der Waals surface area contributed by atoms with Crippen LogP contribution in [0, 0.1) is 0 Å². The van der Waals surface area contributed by atoms with Gasteiger partial charge in [-0.25, -0.2) is 0 Å². The van der Waals surface area contributed by atoms with Crippen LogP contribution in [-0.2, 0) is 6.42 Å². The number of alkyl halides is 2. The largest absolute Gasteiger partial charge is 0.490 e. The zero-order valence-electron chi connectivity index (χ0n) is 17.4. The molecule has 9 heteroatoms. The topological polar surface area (TPSA) is 18.5 Å². The highest BCUT2D eigenvalue weighted by Gasteiger charge is 2.19. The van der Waals surface area contributed by atoms with Gasteiger partial charge in [-0.05, 0) is 111 Å². The third kappa shape index (κ3) is 9.45. The van der Waals surface area contributed by atoms with Gasteiger partial charge in [-0.2, -0.15) is 0 Å². The van der Waals surface area contributed by atoms with Gasteiger partial charge in [-0.1, -0.05) is 75.7 Å². The zero-order chi connectivity index (χ0) is 23.5. The summed E-state index contributed by atoms with van der Waals surface area (Å²) in [6.45, 7) is 0.889. The first-order valence-corrected chi connectivity index (χ1v) is 16.4. The maximum atomic E-state index is 6.08. The Morgan fingerprint density at radius 1 is 0.688 bits per heavy atom. The first kappa shape index (κ1) is 29.6. The average Bonchev–Trinajstić information content (AvgIpc) is 2.79. The minimum Gasteiger partial charge on any atom is -0.490 e. The molecule has 0 saturated heterocycles. The Morgan fingerprint density at radius 2 is 1.25 bits per heavy atom. The molecule has 0 fully saturated rings. The Kier molecular flexibility index (Phi) is 15.0. The van der Waals surface area contributed by atoms with E-state index in [1.54, 1.807) is 0 Å². The highest BCUT2D eigenvalue weighted by atomic mass is 79.9. The Balaban J connectivity index is 1.84. The highest BCUT2D eigenvalue weighted by molar-refractivity contribution is 9.15. The molecule has 1 atom stereocenters. The molecular formula is C23H25Br7O2. The molecule has 0 N–H and O–H groups in total. The van der Waals surface area contributed by atoms with Gasteiger partial charge in [0.2, 0.25) is 0 Å². The van der Waals surface area contributed by atoms with E-state index in [0.29, 0.717) is 18.0 Å². The maximum Gasteiger partial charge on any atom is 0.150 e. The normalized spacial score (nSPS) is 12.1. The first-order chi connectivity index (χ1) is 15.4. The van der Waals surface area contributed by atoms with E-state index >= 15 is 0 Å². The maximum absolute atomic E-state index is 6.08. The third-order valence-corrected chi connectivity index (χ3v) is 12.2. The second kappa shape index (κ2) is 16.2. The molecule has 0 aromatic heterocycles. The quantitative estimate of drug-likeness (QED) is 0.0814. The molecule has 2 aromatic rings. The molecule has 0 amide bonds. The summed E-state index contributed by atoms with van der Waals surface area (Å²) in [6, 6.07) is 8.28. The SMILES string of the molecule is BrCCCCCCCC(Br)Cc1ccccc1OCCOc1c(Br)c(Br)c(Br)c(Br)c1Br. The van der Waals surface area contributed by atoms with Crippen LogP contribution in [0.25, 0.3) is 0 Å². The van der Waals surface area contributed by atoms with Crippen LogP contribution >= 0.6 is 112 Å². The molecule has 0 aliphatic heterocycles. The minimum atomic E-state index is 0.429. The second-order valence-electron chi connectivity index (χ2n) is 7.25. The number of benzene rings is 2. The van der Waals surface area contributed by atoms with E-state index in [4.69, 9.17) is 9.47 Å². The van der Waals surface area contributed by atoms with Gasteiger partial charge in [0, 0.05) is 14.6 Å². The predicted molar refractivity (Wildman–Crippen MR) is 160 cm³/mol. The van der Waals surface area contributed by atoms with E-state index in [1.165, 1.54) is 44.1 Å². The van der Waals surface area contributed by atoms with Gasteiger partial charge in [0.25, 0.3) is 0 Å². The molecule has 2 rings (SSSR count). The van der Waals surface area contributed by atoms with Crippen LogP contribution in [0.3, 0.4) is 0 Å². The molecule has 0 aliphatic carbocycles. The third-order valence-electron chi connectivity index (χ3n) is 4.82. The Morgan fingerprint density at radius 3 is 1.94 bits per heavy atom. The molecule has 0 spiro atoms. The fourth-order valence-corrected chi connectivity index (χ4v) is 7.46. The number of para-hydroxylation sites is 1. The van der Waals surface area contributed by atoms with Gasteiger partial charge in [0.05, 0.1) is 17.9 Å². The number of unbranched alkanes of at least 4 members (excludes halogenated alkanes) is 4. The summed E-state index contributed by atoms with van der Waals surface area (Å²) >= 11 is 25.2. The van der Waals surface area contributed by atoms with Crippen molar-refractivity contribution >= 4 is 112 Å². The summed E-state index contributed by atoms with van der Waals surface area (Å²) in [7, 11) is 0. The molecule has 2 nitrogen and oxygen atoms in total. The van der Waals surface area contributed by atoms with Gasteiger partial charge >= 0.3 is 0 Å². The molecule has 0 heterocycles. The van der Waals surface area contributed by atoms with E-state index in [9.17, 15) is 0 Å². The van der Waals surface area contributed by atoms with Gasteiger partial charge in [-0.15, -0.1) is 0 Å². The molecule has 2 aromatic carbocycles. The van der Waals surface area contributed by atoms with Crippen molar-refractivity contribution in [3.8, 4) is 11.5 Å². The van der Waals surface area contributed by atoms with Crippen LogP contribution in [0.15, 0.2) is 46.6 Å². The smallest absolute Gasteiger partial charge is 0.150 e. The van der Waals surface area contributed by atoms with Crippen molar-refractivity contribution < 1.29 is 9.47 Å². The lowest BCUT2D eigenvalue weighted by molar-refractivity contribution is 0.214. The Bertz CT molecular complexity index is 831. The molecule has 1 unspecified atom stereocenters. The van der Waals surface area contributed by atoms with Crippen LogP contribution in [0.1, 0.15) is 44.1 Å². The fourth-order valence-electron chi connectivity index (χ4n) is 3.15. The monoisotopic (exact) mass is 886 g/mol. The van der Waals surface area contributed by atoms with Crippen molar-refractivity contribution in [2.45, 2.75) is 49.8 Å². The van der Waals surface area contributed by atoms with Crippen molar-refractivity contribution in [3.05, 3.63) is 52.2 Å². The Hall–Kier alpha value is 1.40. The summed E-state index contributed by atoms with van der Waals surface area (Å²) in [5.41, 5.74) is 1.23. The van der Waals surface area contributed by atoms with E-state index < -0.39 is 0 Å². The van der Waals surface area contributed by atoms with Gasteiger partial charge < -0.3 is 9.47 Å². The fraction of sp³-hybridized carbons (Fsp3) is 0.478. The van der Waals surface area contributed by atoms with Gasteiger partial charge in [0.1, 0.15) is 24.7 Å². The molecular weight excluding hydrogens is 868 g/mol. The molecule has 178 valence electrons. The van der Waals surface area contributed by atoms with Crippen molar-refractivity contribution in [2.75, 3.05) is 18.5 Å². The number of ether oxygens (including phenoxy) is 2. The second-order valence-corrected chi connectivity index (χ2v) is 13.3. The van der Waals surface area contributed by atoms with Crippen molar-refractivity contribution in [2.24, 2.45) is 0 Å². The average molecular weight is 893 g/mol. The molecule has 0 radical (unpaired) electrons. The van der Waals surface area contributed by atoms with Crippen molar-refractivity contribution in [1.82, 2.24) is 0 Å². The van der Waals surface area contributed by atoms with Crippen molar-refractivity contribution in [1.29, 1.82) is 0 Å². The van der Waals surface area contributed by atoms with E-state index in [0.717, 1.165) is 45.6 Å². The lowest BCUT2D eigenvalue weighted by Crippen LogP contribution is -2.12. The number of hydrogen-bond acceptors (Lipinski definition) is 2. The first-order valence-electron chi connectivity index (χ1n) is 10.4. The summed E-state index contributed by atoms with van der Waals surface area (Å²) in [6.07, 6.45) is 8.62. The van der Waals surface area contributed by atoms with Gasteiger partial charge in [0.15, 0.2) is 0 Å². The lowest BCUT2D eigenvalue weighted by Gasteiger charge is -2.17. The van der Waals surface area contributed by atoms with Crippen LogP contribution in [0.2, 0.25) is 0 Å². The minimum absolute atomic E-state index is 0.429. The number of hydrogen-bond donors (Lipinski definition) is 0. The predicted octanol–water partition coefficient (Wildman–Crippen LogP) is 11.0. The van der Waals surface area contributed by atoms with Crippen LogP contribution < -0.4 is 9.47 Å². The van der Waals surface area contributed by atoms with E-state index in [2.05, 4.69) is 124 Å². The van der Waals surface area contributed by atoms with Crippen molar-refractivity contribution in [3.63, 3.8) is 0 Å². The number of rotatable bonds is 14. The van der Waals surface area contributed by atoms with Crippen LogP contribution in [0.4, 0.5) is 0 Å². The van der Waals surface area contributed by atoms with E-state index in [1.807, 2.05) is 12.1 Å². The van der Waals surface area contributed by atoms with Crippen LogP contribution in [0.5, 0.6) is 11.5 Å². The molecule has 0 bridgehead atoms. The van der Waals surface area contributed by atoms with E-state index in [-0.39, 0.29) is 0 Å². The van der Waals surface area contributed by atoms with Gasteiger partial charge in [-0.3, -0.25) is 0 Å². The Labute approximate surface area is 250 Å². The number of halogens is 7. The summed E-state index contributed by atoms with van der Waals surface area (Å²) in [5.74, 6) is 1.65. The molecule has 0 aliphatic rings. The zero-order valence-corrected chi connectivity index (χ0v) is 28.5. The molecule has 32 heavy (non-hydrogen) atoms. The lowest BCUT2D eigenvalue weighted by atomic mass is 10.0. The summed E-state index contributed by atoms with van der Waals surface area (Å²) in [4.78, 5) is 0.462. The highest BCUT2D eigenvalue weighted by Crippen LogP contribution is 2.48. The summed E-state index contributed by atoms with van der Waals surface area (Å²) in [5, 5.41) is 1.11. The summed E-state index contributed by atoms with van der Waals surface area (Å²) < 4.78 is 16.5. The standard InChI is InChI=1S/C23H25Br7O2/c24-11-7-3-1-2-4-9-16(25)14-15-8-5-6-10-17(15)31-12-13-32-23-21(29)19(27)18(26)20(28)22(23)30/h5-6,8,10,16H,1-4,7,9,11-14H2. The molecule has 0 saturated carbocycles.